The van der Waals surface area contributed by atoms with E-state index in [1.807, 2.05) is 0 Å². The van der Waals surface area contributed by atoms with Crippen LogP contribution in [0.25, 0.3) is 0 Å². The van der Waals surface area contributed by atoms with Gasteiger partial charge >= 0.3 is 11.9 Å². The van der Waals surface area contributed by atoms with Gasteiger partial charge in [-0.25, -0.2) is 4.79 Å². The van der Waals surface area contributed by atoms with Gasteiger partial charge in [0.15, 0.2) is 11.9 Å². The zero-order chi connectivity index (χ0) is 19.4. The van der Waals surface area contributed by atoms with E-state index in [0.29, 0.717) is 22.7 Å². The Morgan fingerprint density at radius 2 is 1.85 bits per heavy atom. The smallest absolute Gasteiger partial charge is 0.336 e. The number of aliphatic imine (C=N–C) groups is 1. The molecular formula is C19H24N2O5. The Bertz CT molecular complexity index is 782. The number of esters is 2. The van der Waals surface area contributed by atoms with Gasteiger partial charge in [0, 0.05) is 35.9 Å². The number of ether oxygens (including phenoxy) is 2. The van der Waals surface area contributed by atoms with Crippen LogP contribution >= 0.6 is 0 Å². The molecule has 2 atom stereocenters. The quantitative estimate of drug-likeness (QED) is 0.456. The Morgan fingerprint density at radius 1 is 1.19 bits per heavy atom. The summed E-state index contributed by atoms with van der Waals surface area (Å²) in [5.41, 5.74) is 2.30. The number of hydrogen-bond donors (Lipinski definition) is 0. The van der Waals surface area contributed by atoms with Gasteiger partial charge in [-0.3, -0.25) is 9.79 Å². The lowest BCUT2D eigenvalue weighted by molar-refractivity contribution is -0.612. The van der Waals surface area contributed by atoms with Crippen molar-refractivity contribution in [2.24, 2.45) is 10.9 Å². The zero-order valence-corrected chi connectivity index (χ0v) is 15.7. The monoisotopic (exact) mass is 360 g/mol. The van der Waals surface area contributed by atoms with E-state index in [9.17, 15) is 14.8 Å². The maximum absolute atomic E-state index is 12.7. The van der Waals surface area contributed by atoms with Gasteiger partial charge in [0.1, 0.15) is 5.92 Å². The molecule has 0 N–H and O–H groups in total. The molecule has 1 aromatic rings. The maximum Gasteiger partial charge on any atom is 0.336 e. The van der Waals surface area contributed by atoms with Crippen molar-refractivity contribution in [1.29, 1.82) is 0 Å². The number of aromatic nitrogens is 1. The lowest BCUT2D eigenvalue weighted by Crippen LogP contribution is -2.39. The van der Waals surface area contributed by atoms with E-state index in [1.165, 1.54) is 6.20 Å². The summed E-state index contributed by atoms with van der Waals surface area (Å²) in [4.78, 5) is 29.7. The summed E-state index contributed by atoms with van der Waals surface area (Å²) in [6.07, 6.45) is 1.38. The molecule has 2 heterocycles. The van der Waals surface area contributed by atoms with E-state index in [-0.39, 0.29) is 18.8 Å². The average molecular weight is 360 g/mol. The van der Waals surface area contributed by atoms with Crippen LogP contribution in [0.1, 0.15) is 44.9 Å². The number of carbonyl (C=O) groups is 2. The summed E-state index contributed by atoms with van der Waals surface area (Å²) in [5.74, 6) is -2.50. The lowest BCUT2D eigenvalue weighted by atomic mass is 9.75. The molecule has 1 aliphatic rings. The number of hydrogen-bond acceptors (Lipinski definition) is 6. The second-order valence-electron chi connectivity index (χ2n) is 6.05. The Hall–Kier alpha value is -2.70. The summed E-state index contributed by atoms with van der Waals surface area (Å²) in [6.45, 7) is 8.92. The summed E-state index contributed by atoms with van der Waals surface area (Å²) in [7, 11) is 0. The first-order valence-corrected chi connectivity index (χ1v) is 8.61. The number of allylic oxidation sites excluding steroid dienone is 1. The second kappa shape index (κ2) is 8.12. The molecule has 2 unspecified atom stereocenters. The highest BCUT2D eigenvalue weighted by atomic mass is 16.5. The van der Waals surface area contributed by atoms with Gasteiger partial charge in [-0.2, -0.15) is 4.73 Å². The summed E-state index contributed by atoms with van der Waals surface area (Å²) >= 11 is 0. The molecule has 26 heavy (non-hydrogen) atoms. The predicted molar refractivity (Wildman–Crippen MR) is 95.4 cm³/mol. The maximum atomic E-state index is 12.7. The molecule has 2 rings (SSSR count). The molecule has 0 aliphatic carbocycles. The standard InChI is InChI=1S/C19H24N2O5/c1-6-25-18(22)15-11(3)20-12(4)16(19(23)26-7-2)17(15)14-9-8-10-21(24)13(14)5/h8-10,15,17H,6-7H2,1-5H3. The van der Waals surface area contributed by atoms with Crippen molar-refractivity contribution >= 4 is 17.7 Å². The molecule has 1 aromatic heterocycles. The molecule has 0 spiro atoms. The van der Waals surface area contributed by atoms with Crippen LogP contribution in [0.2, 0.25) is 0 Å². The fourth-order valence-electron chi connectivity index (χ4n) is 3.30. The number of rotatable bonds is 5. The van der Waals surface area contributed by atoms with Gasteiger partial charge in [-0.05, 0) is 33.8 Å². The fourth-order valence-corrected chi connectivity index (χ4v) is 3.30. The number of nitrogens with zero attached hydrogens (tertiary/aromatic N) is 2. The third-order valence-corrected chi connectivity index (χ3v) is 4.44. The molecule has 1 aliphatic heterocycles. The highest BCUT2D eigenvalue weighted by Crippen LogP contribution is 2.40. The summed E-state index contributed by atoms with van der Waals surface area (Å²) < 4.78 is 11.1. The molecule has 0 bridgehead atoms. The van der Waals surface area contributed by atoms with E-state index in [4.69, 9.17) is 9.47 Å². The molecule has 0 saturated carbocycles. The van der Waals surface area contributed by atoms with Gasteiger partial charge in [-0.15, -0.1) is 0 Å². The van der Waals surface area contributed by atoms with Crippen molar-refractivity contribution in [3.05, 3.63) is 46.1 Å². The molecule has 0 aromatic carbocycles. The normalized spacial score (nSPS) is 19.8. The minimum absolute atomic E-state index is 0.199. The van der Waals surface area contributed by atoms with E-state index in [2.05, 4.69) is 4.99 Å². The van der Waals surface area contributed by atoms with E-state index in [1.54, 1.807) is 46.8 Å². The largest absolute Gasteiger partial charge is 0.619 e. The Morgan fingerprint density at radius 3 is 2.46 bits per heavy atom. The third kappa shape index (κ3) is 3.61. The Labute approximate surface area is 152 Å². The number of carbonyl (C=O) groups excluding carboxylic acids is 2. The Kier molecular flexibility index (Phi) is 6.13. The minimum Gasteiger partial charge on any atom is -0.619 e. The lowest BCUT2D eigenvalue weighted by Gasteiger charge is -2.31. The van der Waals surface area contributed by atoms with Crippen LogP contribution in [-0.2, 0) is 19.1 Å². The predicted octanol–water partition coefficient (Wildman–Crippen LogP) is 2.20. The van der Waals surface area contributed by atoms with Crippen molar-refractivity contribution in [3.8, 4) is 0 Å². The first-order valence-electron chi connectivity index (χ1n) is 8.61. The third-order valence-electron chi connectivity index (χ3n) is 4.44. The SMILES string of the molecule is CCOC(=O)C1=C(C)N=C(C)C(C(=O)OCC)C1c1ccc[n+]([O-])c1C. The van der Waals surface area contributed by atoms with Crippen molar-refractivity contribution < 1.29 is 23.8 Å². The van der Waals surface area contributed by atoms with Crippen LogP contribution in [0, 0.1) is 18.0 Å². The molecule has 7 nitrogen and oxygen atoms in total. The van der Waals surface area contributed by atoms with Crippen LogP contribution in [-0.4, -0.2) is 30.9 Å². The zero-order valence-electron chi connectivity index (χ0n) is 15.7. The summed E-state index contributed by atoms with van der Waals surface area (Å²) in [5, 5.41) is 12.1. The van der Waals surface area contributed by atoms with Crippen LogP contribution in [0.5, 0.6) is 0 Å². The van der Waals surface area contributed by atoms with E-state index in [0.717, 1.165) is 4.73 Å². The molecule has 0 amide bonds. The van der Waals surface area contributed by atoms with Gasteiger partial charge in [0.2, 0.25) is 0 Å². The van der Waals surface area contributed by atoms with Crippen molar-refractivity contribution in [2.75, 3.05) is 13.2 Å². The van der Waals surface area contributed by atoms with Crippen molar-refractivity contribution in [3.63, 3.8) is 0 Å². The molecular weight excluding hydrogens is 336 g/mol. The van der Waals surface area contributed by atoms with Gasteiger partial charge in [-0.1, -0.05) is 0 Å². The molecule has 0 radical (unpaired) electrons. The second-order valence-corrected chi connectivity index (χ2v) is 6.05. The van der Waals surface area contributed by atoms with Crippen molar-refractivity contribution in [1.82, 2.24) is 0 Å². The Balaban J connectivity index is 2.70. The minimum atomic E-state index is -0.792. The fraction of sp³-hybridized carbons (Fsp3) is 0.474. The number of pyridine rings is 1. The van der Waals surface area contributed by atoms with E-state index < -0.39 is 23.8 Å². The molecule has 7 heteroatoms. The summed E-state index contributed by atoms with van der Waals surface area (Å²) in [6, 6.07) is 3.34. The van der Waals surface area contributed by atoms with Crippen LogP contribution < -0.4 is 4.73 Å². The topological polar surface area (TPSA) is 91.9 Å². The molecule has 0 saturated heterocycles. The first kappa shape index (κ1) is 19.6. The average Bonchev–Trinajstić information content (AvgIpc) is 2.57. The van der Waals surface area contributed by atoms with Gasteiger partial charge in [0.25, 0.3) is 0 Å². The van der Waals surface area contributed by atoms with Gasteiger partial charge < -0.3 is 14.7 Å². The van der Waals surface area contributed by atoms with Crippen LogP contribution in [0.3, 0.4) is 0 Å². The first-order chi connectivity index (χ1) is 12.3. The van der Waals surface area contributed by atoms with Gasteiger partial charge in [0.05, 0.1) is 18.8 Å². The molecule has 140 valence electrons. The highest BCUT2D eigenvalue weighted by Gasteiger charge is 2.44. The highest BCUT2D eigenvalue weighted by molar-refractivity contribution is 6.07. The van der Waals surface area contributed by atoms with Crippen LogP contribution in [0.15, 0.2) is 34.6 Å². The van der Waals surface area contributed by atoms with Crippen molar-refractivity contribution in [2.45, 2.75) is 40.5 Å². The van der Waals surface area contributed by atoms with Crippen LogP contribution in [0.4, 0.5) is 0 Å². The van der Waals surface area contributed by atoms with E-state index >= 15 is 0 Å². The molecule has 0 fully saturated rings.